The Morgan fingerprint density at radius 3 is 2.33 bits per heavy atom. The fourth-order valence-corrected chi connectivity index (χ4v) is 2.10. The summed E-state index contributed by atoms with van der Waals surface area (Å²) in [4.78, 5) is 0. The predicted octanol–water partition coefficient (Wildman–Crippen LogP) is -3.92. The second kappa shape index (κ2) is 1.63. The van der Waals surface area contributed by atoms with Gasteiger partial charge in [0.1, 0.15) is 0 Å². The van der Waals surface area contributed by atoms with Crippen LogP contribution in [0.2, 0.25) is 0 Å². The van der Waals surface area contributed by atoms with Crippen molar-refractivity contribution < 1.29 is 26.3 Å². The van der Waals surface area contributed by atoms with Gasteiger partial charge in [-0.3, -0.25) is 0 Å². The summed E-state index contributed by atoms with van der Waals surface area (Å²) in [5, 5.41) is 8.59. The summed E-state index contributed by atoms with van der Waals surface area (Å²) in [7, 11) is 0. The van der Waals surface area contributed by atoms with Crippen molar-refractivity contribution in [2.45, 2.75) is 14.6 Å². The number of hydrogen-bond acceptors (Lipinski definition) is 2. The summed E-state index contributed by atoms with van der Waals surface area (Å²) >= 11 is -0.00111. The first-order valence-corrected chi connectivity index (χ1v) is 4.34. The molecule has 0 bridgehead atoms. The molecule has 0 aromatic carbocycles. The maximum absolute atomic E-state index is 8.59. The monoisotopic (exact) mass is 200 g/mol. The zero-order valence-corrected chi connectivity index (χ0v) is 5.42. The first-order valence-electron chi connectivity index (χ1n) is 1.84. The molecule has 1 fully saturated rings. The zero-order chi connectivity index (χ0) is 4.57. The summed E-state index contributed by atoms with van der Waals surface area (Å²) in [6, 6.07) is 0. The van der Waals surface area contributed by atoms with Crippen LogP contribution in [-0.2, 0) is 0 Å². The van der Waals surface area contributed by atoms with Crippen molar-refractivity contribution in [3.05, 3.63) is 0 Å². The van der Waals surface area contributed by atoms with Gasteiger partial charge in [0, 0.05) is 0 Å². The summed E-state index contributed by atoms with van der Waals surface area (Å²) in [5.41, 5.74) is 5.36. The molecule has 1 aliphatic heterocycles. The van der Waals surface area contributed by atoms with Crippen LogP contribution in [0.15, 0.2) is 0 Å². The third-order valence-electron chi connectivity index (χ3n) is 0.727. The van der Waals surface area contributed by atoms with Gasteiger partial charge in [0.15, 0.2) is 0 Å². The number of hydrogen-bond donors (Lipinski definition) is 2. The van der Waals surface area contributed by atoms with Crippen molar-refractivity contribution in [2.75, 3.05) is 0 Å². The summed E-state index contributed by atoms with van der Waals surface area (Å²) in [6.07, 6.45) is 0.854. The van der Waals surface area contributed by atoms with Gasteiger partial charge in [0.2, 0.25) is 0 Å². The van der Waals surface area contributed by atoms with Gasteiger partial charge in [0.05, 0.1) is 0 Å². The molecule has 0 aliphatic carbocycles. The summed E-state index contributed by atoms with van der Waals surface area (Å²) < 4.78 is 0.428. The quantitative estimate of drug-likeness (QED) is 0.238. The van der Waals surface area contributed by atoms with Crippen LogP contribution in [0.25, 0.3) is 0 Å². The molecule has 1 aliphatic rings. The third-order valence-corrected chi connectivity index (χ3v) is 3.50. The third kappa shape index (κ3) is 0.828. The van der Waals surface area contributed by atoms with Crippen LogP contribution < -0.4 is 26.9 Å². The molecule has 1 rings (SSSR count). The molecule has 0 aromatic rings. The van der Waals surface area contributed by atoms with Gasteiger partial charge < -0.3 is 0 Å². The van der Waals surface area contributed by atoms with E-state index in [4.69, 9.17) is 10.8 Å². The van der Waals surface area contributed by atoms with Gasteiger partial charge in [0.25, 0.3) is 0 Å². The Kier molecular flexibility index (Phi) is 1.31. The van der Waals surface area contributed by atoms with Crippen molar-refractivity contribution in [1.29, 1.82) is 0 Å². The van der Waals surface area contributed by atoms with Crippen LogP contribution in [-0.4, -0.2) is 13.3 Å². The van der Waals surface area contributed by atoms with Crippen LogP contribution >= 0.6 is 0 Å². The number of rotatable bonds is 0. The van der Waals surface area contributed by atoms with E-state index in [2.05, 4.69) is 0 Å². The Bertz CT molecular complexity index is 46.8. The van der Waals surface area contributed by atoms with Crippen LogP contribution in [0.3, 0.4) is 0 Å². The van der Waals surface area contributed by atoms with Crippen LogP contribution in [0.5, 0.6) is 0 Å². The molecule has 6 heavy (non-hydrogen) atoms. The molecule has 2 unspecified atom stereocenters. The van der Waals surface area contributed by atoms with E-state index in [1.54, 1.807) is 0 Å². The molecule has 38 valence electrons. The van der Waals surface area contributed by atoms with Gasteiger partial charge in [-0.05, 0) is 0 Å². The molecule has 1 saturated heterocycles. The second-order valence-corrected chi connectivity index (χ2v) is 5.07. The Labute approximate surface area is 47.0 Å². The van der Waals surface area contributed by atoms with Crippen molar-refractivity contribution in [3.63, 3.8) is 0 Å². The molecule has 1 heterocycles. The van der Waals surface area contributed by atoms with E-state index in [1.165, 1.54) is 0 Å². The molecule has 3 N–H and O–H groups in total. The summed E-state index contributed by atoms with van der Waals surface area (Å²) in [5.74, 6) is 0. The van der Waals surface area contributed by atoms with Crippen molar-refractivity contribution in [1.82, 2.24) is 0 Å². The van der Waals surface area contributed by atoms with Crippen molar-refractivity contribution in [3.8, 4) is 0 Å². The fraction of sp³-hybridized carbons (Fsp3) is 1.00. The minimum atomic E-state index is -0.00111. The fourth-order valence-electron chi connectivity index (χ4n) is 0.365. The number of halogens is 1. The SMILES string of the molecule is NC1CC(O)[I-]1. The number of nitrogens with two attached hydrogens (primary N) is 1. The molecular weight excluding hydrogens is 193 g/mol. The van der Waals surface area contributed by atoms with E-state index in [-0.39, 0.29) is 25.3 Å². The van der Waals surface area contributed by atoms with E-state index < -0.39 is 0 Å². The maximum atomic E-state index is 8.59. The van der Waals surface area contributed by atoms with Crippen molar-refractivity contribution in [2.24, 2.45) is 5.73 Å². The van der Waals surface area contributed by atoms with E-state index >= 15 is 0 Å². The average Bonchev–Trinajstić information content (AvgIpc) is 1.33. The molecular formula is C3H7INO-. The Balaban J connectivity index is 2.11. The van der Waals surface area contributed by atoms with E-state index in [9.17, 15) is 0 Å². The molecule has 3 heteroatoms. The Morgan fingerprint density at radius 2 is 2.33 bits per heavy atom. The molecule has 0 saturated carbocycles. The zero-order valence-electron chi connectivity index (χ0n) is 3.26. The molecule has 2 nitrogen and oxygen atoms in total. The Morgan fingerprint density at radius 1 is 1.83 bits per heavy atom. The first kappa shape index (κ1) is 4.80. The van der Waals surface area contributed by atoms with E-state index in [0.717, 1.165) is 6.42 Å². The van der Waals surface area contributed by atoms with Gasteiger partial charge in [-0.15, -0.1) is 0 Å². The van der Waals surface area contributed by atoms with Gasteiger partial charge in [-0.1, -0.05) is 0 Å². The second-order valence-electron chi connectivity index (χ2n) is 1.31. The molecule has 0 amide bonds. The standard InChI is InChI=1S/C3H7INO/c5-2-1-3(6)4-2/h2-3,6H,1,5H2/q-1. The van der Waals surface area contributed by atoms with Gasteiger partial charge >= 0.3 is 46.6 Å². The molecule has 0 radical (unpaired) electrons. The topological polar surface area (TPSA) is 46.2 Å². The summed E-state index contributed by atoms with van der Waals surface area (Å²) in [6.45, 7) is 0. The predicted molar refractivity (Wildman–Crippen MR) is 18.6 cm³/mol. The van der Waals surface area contributed by atoms with E-state index in [1.807, 2.05) is 0 Å². The number of aliphatic hydroxyl groups is 1. The molecule has 2 atom stereocenters. The van der Waals surface area contributed by atoms with Crippen LogP contribution in [0.1, 0.15) is 6.42 Å². The van der Waals surface area contributed by atoms with Crippen LogP contribution in [0, 0.1) is 0 Å². The van der Waals surface area contributed by atoms with Crippen molar-refractivity contribution >= 4 is 0 Å². The van der Waals surface area contributed by atoms with Gasteiger partial charge in [-0.2, -0.15) is 0 Å². The number of aliphatic hydroxyl groups excluding tert-OH is 1. The van der Waals surface area contributed by atoms with Gasteiger partial charge in [-0.25, -0.2) is 0 Å². The average molecular weight is 200 g/mol. The first-order chi connectivity index (χ1) is 2.79. The van der Waals surface area contributed by atoms with E-state index in [0.29, 0.717) is 4.05 Å². The molecule has 0 aromatic heterocycles. The Hall–Kier alpha value is 0.650. The molecule has 0 spiro atoms. The number of alkyl halides is 2. The normalized spacial score (nSPS) is 46.3. The minimum absolute atomic E-state index is 0.00111. The van der Waals surface area contributed by atoms with Crippen LogP contribution in [0.4, 0.5) is 0 Å².